The second kappa shape index (κ2) is 7.15. The topological polar surface area (TPSA) is 56.8 Å². The van der Waals surface area contributed by atoms with Gasteiger partial charge in [-0.1, -0.05) is 24.3 Å². The van der Waals surface area contributed by atoms with Crippen LogP contribution in [0.2, 0.25) is 0 Å². The molecule has 0 spiro atoms. The molecule has 26 heavy (non-hydrogen) atoms. The van der Waals surface area contributed by atoms with E-state index in [1.165, 1.54) is 0 Å². The van der Waals surface area contributed by atoms with Crippen LogP contribution < -0.4 is 9.80 Å². The molecule has 1 aromatic heterocycles. The van der Waals surface area contributed by atoms with Gasteiger partial charge in [0, 0.05) is 51.0 Å². The Labute approximate surface area is 153 Å². The number of aromatic nitrogens is 1. The molecule has 0 radical (unpaired) electrons. The number of carbonyl (C=O) groups excluding carboxylic acids is 2. The van der Waals surface area contributed by atoms with Gasteiger partial charge in [0.2, 0.25) is 11.8 Å². The van der Waals surface area contributed by atoms with Crippen molar-refractivity contribution in [1.82, 2.24) is 9.88 Å². The third-order valence-electron chi connectivity index (χ3n) is 5.11. The van der Waals surface area contributed by atoms with Gasteiger partial charge in [0.15, 0.2) is 0 Å². The molecular weight excluding hydrogens is 328 g/mol. The minimum Gasteiger partial charge on any atom is -0.353 e. The number of hydrogen-bond donors (Lipinski definition) is 0. The molecule has 0 bridgehead atoms. The number of pyridine rings is 1. The minimum atomic E-state index is -0.246. The van der Waals surface area contributed by atoms with Crippen LogP contribution in [0.1, 0.15) is 6.42 Å². The first-order chi connectivity index (χ1) is 12.7. The van der Waals surface area contributed by atoms with E-state index >= 15 is 0 Å². The zero-order chi connectivity index (χ0) is 17.9. The molecule has 2 saturated heterocycles. The zero-order valence-electron chi connectivity index (χ0n) is 14.6. The van der Waals surface area contributed by atoms with E-state index < -0.39 is 0 Å². The summed E-state index contributed by atoms with van der Waals surface area (Å²) in [7, 11) is 0. The molecule has 134 valence electrons. The van der Waals surface area contributed by atoms with E-state index in [1.807, 2.05) is 53.4 Å². The van der Waals surface area contributed by atoms with Crippen molar-refractivity contribution in [3.8, 4) is 0 Å². The summed E-state index contributed by atoms with van der Waals surface area (Å²) in [4.78, 5) is 35.4. The molecule has 6 nitrogen and oxygen atoms in total. The van der Waals surface area contributed by atoms with E-state index in [9.17, 15) is 9.59 Å². The number of anilines is 2. The van der Waals surface area contributed by atoms with Crippen LogP contribution in [0.25, 0.3) is 0 Å². The molecule has 1 atom stereocenters. The molecule has 2 aliphatic rings. The highest BCUT2D eigenvalue weighted by Gasteiger charge is 2.37. The second-order valence-electron chi connectivity index (χ2n) is 6.74. The lowest BCUT2D eigenvalue weighted by Gasteiger charge is -2.36. The maximum atomic E-state index is 12.9. The fourth-order valence-corrected chi connectivity index (χ4v) is 3.69. The molecule has 6 heteroatoms. The van der Waals surface area contributed by atoms with Crippen molar-refractivity contribution >= 4 is 23.3 Å². The van der Waals surface area contributed by atoms with E-state index in [4.69, 9.17) is 0 Å². The maximum Gasteiger partial charge on any atom is 0.228 e. The molecule has 0 aliphatic carbocycles. The Bertz CT molecular complexity index is 773. The van der Waals surface area contributed by atoms with Crippen LogP contribution in [0.15, 0.2) is 54.7 Å². The van der Waals surface area contributed by atoms with Gasteiger partial charge >= 0.3 is 0 Å². The Morgan fingerprint density at radius 2 is 1.69 bits per heavy atom. The minimum absolute atomic E-state index is 0.0293. The van der Waals surface area contributed by atoms with E-state index in [-0.39, 0.29) is 17.7 Å². The maximum absolute atomic E-state index is 12.9. The predicted molar refractivity (Wildman–Crippen MR) is 99.9 cm³/mol. The smallest absolute Gasteiger partial charge is 0.228 e. The number of carbonyl (C=O) groups is 2. The first kappa shape index (κ1) is 16.6. The lowest BCUT2D eigenvalue weighted by molar-refractivity contribution is -0.136. The van der Waals surface area contributed by atoms with E-state index in [1.54, 1.807) is 11.1 Å². The number of rotatable bonds is 3. The summed E-state index contributed by atoms with van der Waals surface area (Å²) < 4.78 is 0. The highest BCUT2D eigenvalue weighted by molar-refractivity contribution is 6.00. The van der Waals surface area contributed by atoms with Crippen LogP contribution in [-0.2, 0) is 9.59 Å². The van der Waals surface area contributed by atoms with Crippen molar-refractivity contribution in [1.29, 1.82) is 0 Å². The molecule has 3 heterocycles. The van der Waals surface area contributed by atoms with Crippen molar-refractivity contribution in [3.05, 3.63) is 54.7 Å². The van der Waals surface area contributed by atoms with Gasteiger partial charge in [-0.2, -0.15) is 0 Å². The summed E-state index contributed by atoms with van der Waals surface area (Å²) in [5.74, 6) is 0.828. The van der Waals surface area contributed by atoms with Gasteiger partial charge in [-0.3, -0.25) is 9.59 Å². The van der Waals surface area contributed by atoms with E-state index in [0.717, 1.165) is 24.6 Å². The monoisotopic (exact) mass is 350 g/mol. The molecule has 1 aromatic carbocycles. The average molecular weight is 350 g/mol. The van der Waals surface area contributed by atoms with Crippen molar-refractivity contribution in [3.63, 3.8) is 0 Å². The molecule has 0 saturated carbocycles. The number of amides is 2. The SMILES string of the molecule is O=C([C@@H]1CC(=O)N(c2ccccc2)C1)N1CCN(c2ccccn2)CC1. The van der Waals surface area contributed by atoms with Gasteiger partial charge < -0.3 is 14.7 Å². The largest absolute Gasteiger partial charge is 0.353 e. The third-order valence-corrected chi connectivity index (χ3v) is 5.11. The van der Waals surface area contributed by atoms with Gasteiger partial charge in [-0.15, -0.1) is 0 Å². The fourth-order valence-electron chi connectivity index (χ4n) is 3.69. The standard InChI is InChI=1S/C20H22N4O2/c25-19-14-16(15-24(19)17-6-2-1-3-7-17)20(26)23-12-10-22(11-13-23)18-8-4-5-9-21-18/h1-9,16H,10-15H2/t16-/m1/s1. The fraction of sp³-hybridized carbons (Fsp3) is 0.350. The predicted octanol–water partition coefficient (Wildman–Crippen LogP) is 1.78. The van der Waals surface area contributed by atoms with Crippen LogP contribution in [0.4, 0.5) is 11.5 Å². The van der Waals surface area contributed by atoms with Gasteiger partial charge in [-0.05, 0) is 24.3 Å². The van der Waals surface area contributed by atoms with Crippen LogP contribution in [-0.4, -0.2) is 54.4 Å². The Hall–Kier alpha value is -2.89. The van der Waals surface area contributed by atoms with Crippen molar-refractivity contribution in [2.45, 2.75) is 6.42 Å². The van der Waals surface area contributed by atoms with Crippen LogP contribution in [0, 0.1) is 5.92 Å². The third kappa shape index (κ3) is 3.27. The summed E-state index contributed by atoms with van der Waals surface area (Å²) >= 11 is 0. The molecule has 0 unspecified atom stereocenters. The summed E-state index contributed by atoms with van der Waals surface area (Å²) in [5, 5.41) is 0. The number of benzene rings is 1. The van der Waals surface area contributed by atoms with Gasteiger partial charge in [-0.25, -0.2) is 4.98 Å². The number of nitrogens with zero attached hydrogens (tertiary/aromatic N) is 4. The molecule has 2 aliphatic heterocycles. The Balaban J connectivity index is 1.36. The van der Waals surface area contributed by atoms with Crippen molar-refractivity contribution in [2.75, 3.05) is 42.5 Å². The Kier molecular flexibility index (Phi) is 4.56. The number of hydrogen-bond acceptors (Lipinski definition) is 4. The first-order valence-electron chi connectivity index (χ1n) is 9.02. The normalized spacial score (nSPS) is 20.5. The second-order valence-corrected chi connectivity index (χ2v) is 6.74. The molecule has 2 fully saturated rings. The van der Waals surface area contributed by atoms with Gasteiger partial charge in [0.05, 0.1) is 5.92 Å². The van der Waals surface area contributed by atoms with Crippen molar-refractivity contribution in [2.24, 2.45) is 5.92 Å². The molecule has 0 N–H and O–H groups in total. The highest BCUT2D eigenvalue weighted by Crippen LogP contribution is 2.26. The zero-order valence-corrected chi connectivity index (χ0v) is 14.6. The lowest BCUT2D eigenvalue weighted by atomic mass is 10.1. The number of para-hydroxylation sites is 1. The van der Waals surface area contributed by atoms with Crippen molar-refractivity contribution < 1.29 is 9.59 Å². The average Bonchev–Trinajstić information content (AvgIpc) is 3.10. The summed E-state index contributed by atoms with van der Waals surface area (Å²) in [6, 6.07) is 15.4. The van der Waals surface area contributed by atoms with Crippen LogP contribution >= 0.6 is 0 Å². The Morgan fingerprint density at radius 3 is 2.38 bits per heavy atom. The van der Waals surface area contributed by atoms with Gasteiger partial charge in [0.25, 0.3) is 0 Å². The van der Waals surface area contributed by atoms with E-state index in [2.05, 4.69) is 9.88 Å². The Morgan fingerprint density at radius 1 is 0.962 bits per heavy atom. The first-order valence-corrected chi connectivity index (χ1v) is 9.02. The highest BCUT2D eigenvalue weighted by atomic mass is 16.2. The quantitative estimate of drug-likeness (QED) is 0.847. The number of piperazine rings is 1. The lowest BCUT2D eigenvalue weighted by Crippen LogP contribution is -2.51. The molecule has 2 aromatic rings. The van der Waals surface area contributed by atoms with Gasteiger partial charge in [0.1, 0.15) is 5.82 Å². The molecule has 2 amide bonds. The van der Waals surface area contributed by atoms with Crippen LogP contribution in [0.5, 0.6) is 0 Å². The molecule has 4 rings (SSSR count). The van der Waals surface area contributed by atoms with E-state index in [0.29, 0.717) is 26.1 Å². The van der Waals surface area contributed by atoms with Crippen LogP contribution in [0.3, 0.4) is 0 Å². The summed E-state index contributed by atoms with van der Waals surface area (Å²) in [5.41, 5.74) is 0.868. The summed E-state index contributed by atoms with van der Waals surface area (Å²) in [6.45, 7) is 3.36. The molecular formula is C20H22N4O2. The summed E-state index contributed by atoms with van der Waals surface area (Å²) in [6.07, 6.45) is 2.09.